The molecule has 0 saturated carbocycles. The number of para-hydroxylation sites is 1. The molecule has 0 radical (unpaired) electrons. The van der Waals surface area contributed by atoms with E-state index in [0.29, 0.717) is 24.0 Å². The molecule has 1 fully saturated rings. The molecule has 4 heterocycles. The van der Waals surface area contributed by atoms with Crippen molar-refractivity contribution in [3.05, 3.63) is 48.8 Å². The normalized spacial score (nSPS) is 17.4. The van der Waals surface area contributed by atoms with Crippen LogP contribution in [0.4, 0.5) is 5.95 Å². The van der Waals surface area contributed by atoms with Gasteiger partial charge in [-0.2, -0.15) is 4.52 Å². The number of hydrogen-bond donors (Lipinski definition) is 2. The van der Waals surface area contributed by atoms with Crippen molar-refractivity contribution in [2.24, 2.45) is 0 Å². The highest BCUT2D eigenvalue weighted by molar-refractivity contribution is 5.93. The Morgan fingerprint density at radius 3 is 2.82 bits per heavy atom. The Balaban J connectivity index is 1.66. The molecule has 1 aliphatic rings. The fourth-order valence-electron chi connectivity index (χ4n) is 3.51. The number of carbonyl (C=O) groups is 1. The highest BCUT2D eigenvalue weighted by Crippen LogP contribution is 2.24. The third-order valence-corrected chi connectivity index (χ3v) is 4.96. The summed E-state index contributed by atoms with van der Waals surface area (Å²) in [6.45, 7) is 0.715. The van der Waals surface area contributed by atoms with Crippen LogP contribution in [0.2, 0.25) is 0 Å². The van der Waals surface area contributed by atoms with Crippen LogP contribution < -0.4 is 10.6 Å². The SMILES string of the molecule is O=C1NCCCC[C@H]1Nc1nc2ccccc2c2nc(-c3ccncc3)nn12. The van der Waals surface area contributed by atoms with Crippen LogP contribution in [0.3, 0.4) is 0 Å². The standard InChI is InChI=1S/C20H19N7O/c28-19-16(7-3-4-10-22-19)24-20-23-15-6-2-1-5-14(15)18-25-17(26-27(18)20)13-8-11-21-12-9-13/h1-2,5-6,8-9,11-12,16H,3-4,7,10H2,(H,22,28)(H,23,24)/t16-/m1/s1. The molecule has 0 aliphatic carbocycles. The maximum atomic E-state index is 12.4. The van der Waals surface area contributed by atoms with Gasteiger partial charge >= 0.3 is 0 Å². The Bertz CT molecular complexity index is 1160. The molecule has 8 nitrogen and oxygen atoms in total. The van der Waals surface area contributed by atoms with Crippen molar-refractivity contribution >= 4 is 28.4 Å². The summed E-state index contributed by atoms with van der Waals surface area (Å²) in [7, 11) is 0. The number of aromatic nitrogens is 5. The second-order valence-electron chi connectivity index (χ2n) is 6.84. The Morgan fingerprint density at radius 2 is 1.93 bits per heavy atom. The van der Waals surface area contributed by atoms with Crippen molar-refractivity contribution in [3.63, 3.8) is 0 Å². The predicted molar refractivity (Wildman–Crippen MR) is 106 cm³/mol. The molecule has 0 unspecified atom stereocenters. The summed E-state index contributed by atoms with van der Waals surface area (Å²) in [5.74, 6) is 1.10. The zero-order valence-corrected chi connectivity index (χ0v) is 15.2. The maximum absolute atomic E-state index is 12.4. The zero-order chi connectivity index (χ0) is 18.9. The van der Waals surface area contributed by atoms with Crippen LogP contribution in [0.5, 0.6) is 0 Å². The van der Waals surface area contributed by atoms with Crippen molar-refractivity contribution in [2.45, 2.75) is 25.3 Å². The van der Waals surface area contributed by atoms with E-state index in [-0.39, 0.29) is 11.9 Å². The number of hydrogen-bond acceptors (Lipinski definition) is 6. The molecule has 28 heavy (non-hydrogen) atoms. The molecular weight excluding hydrogens is 354 g/mol. The van der Waals surface area contributed by atoms with Crippen molar-refractivity contribution in [3.8, 4) is 11.4 Å². The number of rotatable bonds is 3. The Labute approximate surface area is 161 Å². The molecule has 1 aliphatic heterocycles. The minimum absolute atomic E-state index is 0.00455. The Morgan fingerprint density at radius 1 is 1.07 bits per heavy atom. The van der Waals surface area contributed by atoms with Crippen LogP contribution >= 0.6 is 0 Å². The fourth-order valence-corrected chi connectivity index (χ4v) is 3.51. The topological polar surface area (TPSA) is 97.1 Å². The third kappa shape index (κ3) is 2.92. The van der Waals surface area contributed by atoms with E-state index < -0.39 is 0 Å². The third-order valence-electron chi connectivity index (χ3n) is 4.96. The highest BCUT2D eigenvalue weighted by Gasteiger charge is 2.23. The fraction of sp³-hybridized carbons (Fsp3) is 0.250. The van der Waals surface area contributed by atoms with Gasteiger partial charge in [-0.05, 0) is 43.5 Å². The van der Waals surface area contributed by atoms with Crippen molar-refractivity contribution in [2.75, 3.05) is 11.9 Å². The lowest BCUT2D eigenvalue weighted by atomic mass is 10.1. The Kier molecular flexibility index (Phi) is 4.08. The van der Waals surface area contributed by atoms with E-state index in [4.69, 9.17) is 9.97 Å². The number of anilines is 1. The average molecular weight is 373 g/mol. The van der Waals surface area contributed by atoms with Gasteiger partial charge in [0.15, 0.2) is 11.5 Å². The second kappa shape index (κ2) is 6.88. The molecule has 0 spiro atoms. The van der Waals surface area contributed by atoms with Crippen molar-refractivity contribution < 1.29 is 4.79 Å². The van der Waals surface area contributed by atoms with Gasteiger partial charge < -0.3 is 10.6 Å². The second-order valence-corrected chi connectivity index (χ2v) is 6.84. The minimum Gasteiger partial charge on any atom is -0.354 e. The number of nitrogens with one attached hydrogen (secondary N) is 2. The minimum atomic E-state index is -0.340. The van der Waals surface area contributed by atoms with E-state index in [1.165, 1.54) is 0 Å². The summed E-state index contributed by atoms with van der Waals surface area (Å²) in [4.78, 5) is 25.9. The molecule has 1 amide bonds. The molecule has 1 saturated heterocycles. The van der Waals surface area contributed by atoms with Gasteiger partial charge in [0.05, 0.1) is 5.52 Å². The zero-order valence-electron chi connectivity index (χ0n) is 15.2. The van der Waals surface area contributed by atoms with Crippen LogP contribution in [0, 0.1) is 0 Å². The number of carbonyl (C=O) groups excluding carboxylic acids is 1. The van der Waals surface area contributed by atoms with E-state index in [1.807, 2.05) is 36.4 Å². The van der Waals surface area contributed by atoms with E-state index in [1.54, 1.807) is 16.9 Å². The van der Waals surface area contributed by atoms with Crippen LogP contribution in [-0.2, 0) is 4.79 Å². The van der Waals surface area contributed by atoms with Gasteiger partial charge in [-0.1, -0.05) is 12.1 Å². The van der Waals surface area contributed by atoms with E-state index in [0.717, 1.165) is 35.7 Å². The quantitative estimate of drug-likeness (QED) is 0.572. The molecular formula is C20H19N7O. The molecule has 140 valence electrons. The number of nitrogens with zero attached hydrogens (tertiary/aromatic N) is 5. The molecule has 0 bridgehead atoms. The monoisotopic (exact) mass is 373 g/mol. The van der Waals surface area contributed by atoms with Crippen LogP contribution in [-0.4, -0.2) is 43.1 Å². The summed E-state index contributed by atoms with van der Waals surface area (Å²) in [6.07, 6.45) is 6.15. The van der Waals surface area contributed by atoms with Gasteiger partial charge in [0.25, 0.3) is 0 Å². The summed E-state index contributed by atoms with van der Waals surface area (Å²) in [5, 5.41) is 11.8. The lowest BCUT2D eigenvalue weighted by Crippen LogP contribution is -2.38. The van der Waals surface area contributed by atoms with Crippen LogP contribution in [0.1, 0.15) is 19.3 Å². The van der Waals surface area contributed by atoms with Gasteiger partial charge in [-0.25, -0.2) is 9.97 Å². The lowest BCUT2D eigenvalue weighted by Gasteiger charge is -2.16. The first-order valence-corrected chi connectivity index (χ1v) is 9.40. The van der Waals surface area contributed by atoms with E-state index in [2.05, 4.69) is 20.7 Å². The first-order chi connectivity index (χ1) is 13.8. The molecule has 5 rings (SSSR count). The lowest BCUT2D eigenvalue weighted by molar-refractivity contribution is -0.121. The average Bonchev–Trinajstić information content (AvgIpc) is 3.09. The highest BCUT2D eigenvalue weighted by atomic mass is 16.2. The van der Waals surface area contributed by atoms with Gasteiger partial charge in [0.1, 0.15) is 6.04 Å². The maximum Gasteiger partial charge on any atom is 0.242 e. The van der Waals surface area contributed by atoms with Crippen molar-refractivity contribution in [1.82, 2.24) is 29.9 Å². The molecule has 1 atom stereocenters. The van der Waals surface area contributed by atoms with E-state index in [9.17, 15) is 4.79 Å². The first kappa shape index (κ1) is 16.6. The molecule has 3 aromatic heterocycles. The molecule has 1 aromatic carbocycles. The molecule has 2 N–H and O–H groups in total. The summed E-state index contributed by atoms with van der Waals surface area (Å²) in [6, 6.07) is 11.2. The Hall–Kier alpha value is -3.55. The number of amides is 1. The number of pyridine rings is 1. The largest absolute Gasteiger partial charge is 0.354 e. The smallest absolute Gasteiger partial charge is 0.242 e. The first-order valence-electron chi connectivity index (χ1n) is 9.40. The summed E-state index contributed by atoms with van der Waals surface area (Å²) in [5.41, 5.74) is 2.38. The number of fused-ring (bicyclic) bond motifs is 3. The summed E-state index contributed by atoms with van der Waals surface area (Å²) < 4.78 is 1.69. The summed E-state index contributed by atoms with van der Waals surface area (Å²) >= 11 is 0. The van der Waals surface area contributed by atoms with E-state index >= 15 is 0 Å². The van der Waals surface area contributed by atoms with Crippen LogP contribution in [0.25, 0.3) is 27.9 Å². The van der Waals surface area contributed by atoms with Gasteiger partial charge in [-0.3, -0.25) is 9.78 Å². The number of benzene rings is 1. The van der Waals surface area contributed by atoms with Crippen LogP contribution in [0.15, 0.2) is 48.8 Å². The predicted octanol–water partition coefficient (Wildman–Crippen LogP) is 2.42. The van der Waals surface area contributed by atoms with Gasteiger partial charge in [-0.15, -0.1) is 5.10 Å². The molecule has 4 aromatic rings. The van der Waals surface area contributed by atoms with Crippen molar-refractivity contribution in [1.29, 1.82) is 0 Å². The van der Waals surface area contributed by atoms with Gasteiger partial charge in [0, 0.05) is 29.9 Å². The molecule has 8 heteroatoms. The van der Waals surface area contributed by atoms with Gasteiger partial charge in [0.2, 0.25) is 11.9 Å².